The number of benzene rings is 1. The Kier molecular flexibility index (Phi) is 2.55. The van der Waals surface area contributed by atoms with Crippen LogP contribution in [0.3, 0.4) is 0 Å². The van der Waals surface area contributed by atoms with Crippen LogP contribution in [0.2, 0.25) is 0 Å². The van der Waals surface area contributed by atoms with E-state index in [1.54, 1.807) is 6.07 Å². The summed E-state index contributed by atoms with van der Waals surface area (Å²) in [6.07, 6.45) is -0.233. The lowest BCUT2D eigenvalue weighted by Crippen LogP contribution is -2.71. The minimum absolute atomic E-state index is 0.233. The molecule has 114 valence electrons. The Bertz CT molecular complexity index is 714. The first-order valence-corrected chi connectivity index (χ1v) is 7.39. The van der Waals surface area contributed by atoms with Gasteiger partial charge in [-0.25, -0.2) is 0 Å². The number of carbonyl (C=O) groups is 3. The normalized spacial score (nSPS) is 35.2. The molecular formula is C16H16N2O4. The monoisotopic (exact) mass is 300 g/mol. The fourth-order valence-corrected chi connectivity index (χ4v) is 4.14. The predicted octanol–water partition coefficient (Wildman–Crippen LogP) is 0.789. The molecule has 22 heavy (non-hydrogen) atoms. The third-order valence-electron chi connectivity index (χ3n) is 4.80. The summed E-state index contributed by atoms with van der Waals surface area (Å²) in [5, 5.41) is 5.18. The van der Waals surface area contributed by atoms with Crippen molar-refractivity contribution in [2.45, 2.75) is 31.5 Å². The minimum atomic E-state index is -1.29. The summed E-state index contributed by atoms with van der Waals surface area (Å²) in [6.45, 7) is 3.64. The van der Waals surface area contributed by atoms with E-state index in [0.717, 1.165) is 5.56 Å². The van der Waals surface area contributed by atoms with Crippen LogP contribution < -0.4 is 10.6 Å². The molecule has 1 aromatic rings. The van der Waals surface area contributed by atoms with E-state index in [9.17, 15) is 14.4 Å². The smallest absolute Gasteiger partial charge is 0.258 e. The maximum absolute atomic E-state index is 12.7. The Hall–Kier alpha value is -2.21. The van der Waals surface area contributed by atoms with Crippen LogP contribution in [0.4, 0.5) is 5.69 Å². The lowest BCUT2D eigenvalue weighted by atomic mass is 9.50. The van der Waals surface area contributed by atoms with E-state index >= 15 is 0 Å². The summed E-state index contributed by atoms with van der Waals surface area (Å²) in [4.78, 5) is 37.0. The van der Waals surface area contributed by atoms with E-state index in [1.165, 1.54) is 0 Å². The highest BCUT2D eigenvalue weighted by molar-refractivity contribution is 6.16. The van der Waals surface area contributed by atoms with Crippen LogP contribution in [0.1, 0.15) is 25.3 Å². The molecule has 6 nitrogen and oxygen atoms in total. The van der Waals surface area contributed by atoms with Crippen molar-refractivity contribution in [1.29, 1.82) is 0 Å². The number of carbonyl (C=O) groups excluding carboxylic acids is 3. The molecule has 1 saturated heterocycles. The van der Waals surface area contributed by atoms with Gasteiger partial charge in [0.25, 0.3) is 5.91 Å². The van der Waals surface area contributed by atoms with Crippen LogP contribution in [0.15, 0.2) is 24.3 Å². The Morgan fingerprint density at radius 3 is 2.50 bits per heavy atom. The highest BCUT2D eigenvalue weighted by Gasteiger charge is 2.76. The minimum Gasteiger partial charge on any atom is -0.361 e. The number of anilines is 1. The molecule has 6 heteroatoms. The second-order valence-corrected chi connectivity index (χ2v) is 6.34. The molecule has 1 aromatic carbocycles. The Balaban J connectivity index is 1.91. The first-order valence-electron chi connectivity index (χ1n) is 7.39. The molecule has 4 rings (SSSR count). The fourth-order valence-electron chi connectivity index (χ4n) is 4.14. The van der Waals surface area contributed by atoms with Gasteiger partial charge in [0, 0.05) is 11.6 Å². The number of rotatable bonds is 2. The molecule has 0 aromatic heterocycles. The molecule has 2 aliphatic heterocycles. The van der Waals surface area contributed by atoms with Crippen molar-refractivity contribution in [3.8, 4) is 0 Å². The van der Waals surface area contributed by atoms with Crippen LogP contribution in [-0.2, 0) is 19.1 Å². The predicted molar refractivity (Wildman–Crippen MR) is 76.9 cm³/mol. The zero-order chi connectivity index (χ0) is 15.6. The van der Waals surface area contributed by atoms with E-state index in [1.807, 2.05) is 32.0 Å². The fraction of sp³-hybridized carbons (Fsp3) is 0.438. The summed E-state index contributed by atoms with van der Waals surface area (Å²) >= 11 is 0. The molecule has 4 atom stereocenters. The first-order chi connectivity index (χ1) is 10.5. The summed E-state index contributed by atoms with van der Waals surface area (Å²) in [7, 11) is 0. The summed E-state index contributed by atoms with van der Waals surface area (Å²) in [6, 6.07) is 7.36. The van der Waals surface area contributed by atoms with E-state index in [0.29, 0.717) is 5.69 Å². The molecule has 3 amide bonds. The van der Waals surface area contributed by atoms with E-state index in [-0.39, 0.29) is 17.9 Å². The number of imide groups is 1. The second kappa shape index (κ2) is 4.16. The molecule has 1 saturated carbocycles. The van der Waals surface area contributed by atoms with Crippen molar-refractivity contribution in [3.63, 3.8) is 0 Å². The molecule has 1 aliphatic carbocycles. The zero-order valence-corrected chi connectivity index (χ0v) is 12.3. The summed E-state index contributed by atoms with van der Waals surface area (Å²) < 4.78 is 5.95. The van der Waals surface area contributed by atoms with Gasteiger partial charge in [-0.3, -0.25) is 19.7 Å². The topological polar surface area (TPSA) is 84.5 Å². The van der Waals surface area contributed by atoms with Gasteiger partial charge in [-0.1, -0.05) is 18.2 Å². The summed E-state index contributed by atoms with van der Waals surface area (Å²) in [5.41, 5.74) is 0.253. The number of amides is 3. The van der Waals surface area contributed by atoms with Crippen molar-refractivity contribution in [1.82, 2.24) is 5.32 Å². The average molecular weight is 300 g/mol. The third-order valence-corrected chi connectivity index (χ3v) is 4.80. The maximum Gasteiger partial charge on any atom is 0.258 e. The number of nitrogens with one attached hydrogen (secondary N) is 2. The van der Waals surface area contributed by atoms with E-state index < -0.39 is 29.3 Å². The number of para-hydroxylation sites is 1. The molecule has 0 spiro atoms. The SMILES string of the molecule is CC(C)O[C@]12C(=O)Nc3ccccc3[C@H]1[C@@H]1C(=O)NC(=O)[C@@H]12. The van der Waals surface area contributed by atoms with Crippen LogP contribution >= 0.6 is 0 Å². The number of hydrogen-bond donors (Lipinski definition) is 2. The second-order valence-electron chi connectivity index (χ2n) is 6.34. The first kappa shape index (κ1) is 13.5. The number of hydrogen-bond acceptors (Lipinski definition) is 4. The lowest BCUT2D eigenvalue weighted by molar-refractivity contribution is -0.207. The van der Waals surface area contributed by atoms with Crippen molar-refractivity contribution in [2.24, 2.45) is 11.8 Å². The van der Waals surface area contributed by atoms with Crippen molar-refractivity contribution < 1.29 is 19.1 Å². The Labute approximate surface area is 127 Å². The van der Waals surface area contributed by atoms with Gasteiger partial charge in [0.2, 0.25) is 11.8 Å². The Morgan fingerprint density at radius 1 is 1.05 bits per heavy atom. The van der Waals surface area contributed by atoms with Gasteiger partial charge in [0.1, 0.15) is 0 Å². The Morgan fingerprint density at radius 2 is 1.77 bits per heavy atom. The van der Waals surface area contributed by atoms with Gasteiger partial charge < -0.3 is 10.1 Å². The van der Waals surface area contributed by atoms with E-state index in [2.05, 4.69) is 10.6 Å². The average Bonchev–Trinajstić information content (AvgIpc) is 2.68. The largest absolute Gasteiger partial charge is 0.361 e. The van der Waals surface area contributed by atoms with Gasteiger partial charge in [-0.15, -0.1) is 0 Å². The van der Waals surface area contributed by atoms with Crippen molar-refractivity contribution in [3.05, 3.63) is 29.8 Å². The molecule has 0 radical (unpaired) electrons. The van der Waals surface area contributed by atoms with Gasteiger partial charge in [-0.05, 0) is 25.5 Å². The third kappa shape index (κ3) is 1.40. The van der Waals surface area contributed by atoms with Crippen LogP contribution in [0.25, 0.3) is 0 Å². The lowest BCUT2D eigenvalue weighted by Gasteiger charge is -2.57. The van der Waals surface area contributed by atoms with Crippen LogP contribution in [-0.4, -0.2) is 29.4 Å². The molecule has 3 aliphatic rings. The quantitative estimate of drug-likeness (QED) is 0.791. The van der Waals surface area contributed by atoms with E-state index in [4.69, 9.17) is 4.74 Å². The maximum atomic E-state index is 12.7. The van der Waals surface area contributed by atoms with Crippen LogP contribution in [0.5, 0.6) is 0 Å². The van der Waals surface area contributed by atoms with Gasteiger partial charge in [-0.2, -0.15) is 0 Å². The zero-order valence-electron chi connectivity index (χ0n) is 12.3. The summed E-state index contributed by atoms with van der Waals surface area (Å²) in [5.74, 6) is -2.76. The molecule has 0 unspecified atom stereocenters. The van der Waals surface area contributed by atoms with Crippen molar-refractivity contribution >= 4 is 23.4 Å². The molecular weight excluding hydrogens is 284 g/mol. The molecule has 0 bridgehead atoms. The highest BCUT2D eigenvalue weighted by atomic mass is 16.5. The van der Waals surface area contributed by atoms with Gasteiger partial charge in [0.15, 0.2) is 5.60 Å². The highest BCUT2D eigenvalue weighted by Crippen LogP contribution is 2.63. The van der Waals surface area contributed by atoms with Crippen LogP contribution in [0, 0.1) is 11.8 Å². The number of ether oxygens (including phenoxy) is 1. The van der Waals surface area contributed by atoms with Gasteiger partial charge in [0.05, 0.1) is 17.9 Å². The number of fused-ring (bicyclic) bond motifs is 6. The molecule has 2 fully saturated rings. The molecule has 2 heterocycles. The van der Waals surface area contributed by atoms with Gasteiger partial charge >= 0.3 is 0 Å². The molecule has 2 N–H and O–H groups in total. The standard InChI is InChI=1S/C16H16N2O4/c1-7(2)22-16-11(10-12(16)14(20)18-13(10)19)8-5-3-4-6-9(8)17-15(16)21/h3-7,10-12H,1-2H3,(H,17,21)(H,18,19,20)/t10-,11-,12+,16+/m0/s1. The van der Waals surface area contributed by atoms with Crippen molar-refractivity contribution in [2.75, 3.05) is 5.32 Å².